The second-order valence-electron chi connectivity index (χ2n) is 8.53. The normalized spacial score (nSPS) is 21.0. The van der Waals surface area contributed by atoms with Crippen molar-refractivity contribution in [2.75, 3.05) is 5.75 Å². The molecule has 0 saturated heterocycles. The largest absolute Gasteiger partial charge is 0.456 e. The Kier molecular flexibility index (Phi) is 11.4. The fraction of sp³-hybridized carbons (Fsp3) is 0.440. The molecule has 2 atom stereocenters. The third kappa shape index (κ3) is 9.79. The number of halogens is 1. The van der Waals surface area contributed by atoms with Gasteiger partial charge in [0.25, 0.3) is 11.8 Å². The van der Waals surface area contributed by atoms with E-state index in [1.54, 1.807) is 26.0 Å². The van der Waals surface area contributed by atoms with Gasteiger partial charge in [-0.25, -0.2) is 14.2 Å². The van der Waals surface area contributed by atoms with Crippen LogP contribution in [-0.2, 0) is 30.5 Å². The predicted molar refractivity (Wildman–Crippen MR) is 135 cm³/mol. The number of pyridine rings is 1. The van der Waals surface area contributed by atoms with Gasteiger partial charge in [0.1, 0.15) is 29.4 Å². The Hall–Kier alpha value is -3.54. The Bertz CT molecular complexity index is 1100. The summed E-state index contributed by atoms with van der Waals surface area (Å²) in [6.45, 7) is 6.20. The number of thioether (sulfide) groups is 1. The summed E-state index contributed by atoms with van der Waals surface area (Å²) < 4.78 is 19.7. The summed E-state index contributed by atoms with van der Waals surface area (Å²) in [5, 5.41) is 7.49. The molecular weight excluding hydrogens is 503 g/mol. The highest BCUT2D eigenvalue weighted by molar-refractivity contribution is 8.13. The lowest BCUT2D eigenvalue weighted by Crippen LogP contribution is -2.48. The van der Waals surface area contributed by atoms with E-state index in [2.05, 4.69) is 20.9 Å². The van der Waals surface area contributed by atoms with Gasteiger partial charge >= 0.3 is 5.97 Å². The first-order valence-corrected chi connectivity index (χ1v) is 12.7. The van der Waals surface area contributed by atoms with Crippen molar-refractivity contribution in [2.24, 2.45) is 5.92 Å². The summed E-state index contributed by atoms with van der Waals surface area (Å²) >= 11 is 1.15. The Balaban J connectivity index is 2.37. The van der Waals surface area contributed by atoms with Gasteiger partial charge in [-0.2, -0.15) is 0 Å². The smallest absolute Gasteiger partial charge is 0.329 e. The number of carbonyl (C=O) groups excluding carboxylic acids is 5. The van der Waals surface area contributed by atoms with Crippen LogP contribution < -0.4 is 16.0 Å². The summed E-state index contributed by atoms with van der Waals surface area (Å²) in [5.41, 5.74) is -0.356. The highest BCUT2D eigenvalue weighted by Crippen LogP contribution is 2.13. The SMILES string of the molecule is C/C=C1\NC(=O)c2cc(F)cc(n2)CNC(=O)C[C@@H](/C=C/CCSC(C)=O)OC(=O)[C@H](C(C)C)NC1=O. The van der Waals surface area contributed by atoms with Gasteiger partial charge in [-0.05, 0) is 31.4 Å². The van der Waals surface area contributed by atoms with E-state index in [9.17, 15) is 28.4 Å². The molecule has 0 spiro atoms. The number of rotatable bonds is 5. The van der Waals surface area contributed by atoms with Crippen molar-refractivity contribution >= 4 is 40.6 Å². The van der Waals surface area contributed by atoms with Crippen molar-refractivity contribution in [1.82, 2.24) is 20.9 Å². The fourth-order valence-electron chi connectivity index (χ4n) is 3.25. The molecule has 2 heterocycles. The Morgan fingerprint density at radius 1 is 1.24 bits per heavy atom. The maximum absolute atomic E-state index is 14.1. The number of hydrogen-bond acceptors (Lipinski definition) is 8. The van der Waals surface area contributed by atoms with Crippen LogP contribution in [0.3, 0.4) is 0 Å². The van der Waals surface area contributed by atoms with Crippen molar-refractivity contribution in [3.05, 3.63) is 53.3 Å². The Morgan fingerprint density at radius 2 is 1.97 bits per heavy atom. The second-order valence-corrected chi connectivity index (χ2v) is 9.80. The summed E-state index contributed by atoms with van der Waals surface area (Å²) in [7, 11) is 0. The molecular formula is C25H31FN4O6S. The van der Waals surface area contributed by atoms with E-state index >= 15 is 0 Å². The van der Waals surface area contributed by atoms with E-state index < -0.39 is 41.7 Å². The van der Waals surface area contributed by atoms with Crippen LogP contribution in [0.1, 0.15) is 56.7 Å². The van der Waals surface area contributed by atoms with Crippen LogP contribution in [0.5, 0.6) is 0 Å². The molecule has 2 bridgehead atoms. The highest BCUT2D eigenvalue weighted by atomic mass is 32.2. The summed E-state index contributed by atoms with van der Waals surface area (Å²) in [4.78, 5) is 66.3. The molecule has 0 aliphatic carbocycles. The molecule has 0 radical (unpaired) electrons. The Morgan fingerprint density at radius 3 is 2.62 bits per heavy atom. The molecule has 0 aromatic carbocycles. The number of cyclic esters (lactones) is 1. The number of allylic oxidation sites excluding steroid dienone is 2. The third-order valence-electron chi connectivity index (χ3n) is 5.13. The Labute approximate surface area is 218 Å². The monoisotopic (exact) mass is 534 g/mol. The lowest BCUT2D eigenvalue weighted by molar-refractivity contribution is -0.153. The lowest BCUT2D eigenvalue weighted by Gasteiger charge is -2.24. The van der Waals surface area contributed by atoms with Crippen LogP contribution in [0.2, 0.25) is 0 Å². The molecule has 10 nitrogen and oxygen atoms in total. The quantitative estimate of drug-likeness (QED) is 0.226. The molecule has 3 amide bonds. The zero-order valence-corrected chi connectivity index (χ0v) is 21.9. The zero-order chi connectivity index (χ0) is 27.5. The molecule has 3 N–H and O–H groups in total. The van der Waals surface area contributed by atoms with Crippen molar-refractivity contribution in [3.8, 4) is 0 Å². The van der Waals surface area contributed by atoms with Crippen molar-refractivity contribution in [2.45, 2.75) is 59.2 Å². The molecule has 1 aliphatic heterocycles. The molecule has 0 fully saturated rings. The first-order chi connectivity index (χ1) is 17.5. The van der Waals surface area contributed by atoms with E-state index in [0.717, 1.165) is 23.9 Å². The molecule has 1 aromatic rings. The number of nitrogens with one attached hydrogen (secondary N) is 3. The topological polar surface area (TPSA) is 144 Å². The van der Waals surface area contributed by atoms with E-state index in [4.69, 9.17) is 4.74 Å². The van der Waals surface area contributed by atoms with E-state index in [1.165, 1.54) is 19.9 Å². The molecule has 2 rings (SSSR count). The summed E-state index contributed by atoms with van der Waals surface area (Å²) in [6.07, 6.45) is 3.89. The maximum atomic E-state index is 14.1. The highest BCUT2D eigenvalue weighted by Gasteiger charge is 2.30. The molecule has 1 aromatic heterocycles. The number of esters is 1. The summed E-state index contributed by atoms with van der Waals surface area (Å²) in [6, 6.07) is 0.897. The fourth-order valence-corrected chi connectivity index (χ4v) is 3.80. The average Bonchev–Trinajstić information content (AvgIpc) is 2.82. The van der Waals surface area contributed by atoms with Gasteiger partial charge in [0.15, 0.2) is 5.12 Å². The standard InChI is InChI=1S/C25H31FN4O6S/c1-5-19-23(33)30-22(14(2)3)25(35)36-18(8-6-7-9-37-15(4)31)12-21(32)27-13-17-10-16(26)11-20(28-17)24(34)29-19/h5-6,8,10-11,14,18,22H,7,9,12-13H2,1-4H3,(H,27,32)(H,29,34)(H,30,33)/b8-6+,19-5-/t18-,22+/m1/s1. The van der Waals surface area contributed by atoms with Crippen molar-refractivity contribution in [3.63, 3.8) is 0 Å². The van der Waals surface area contributed by atoms with Crippen LogP contribution in [-0.4, -0.2) is 51.7 Å². The molecule has 200 valence electrons. The zero-order valence-electron chi connectivity index (χ0n) is 21.1. The van der Waals surface area contributed by atoms with Crippen molar-refractivity contribution < 1.29 is 33.1 Å². The number of carbonyl (C=O) groups is 5. The molecule has 0 saturated carbocycles. The summed E-state index contributed by atoms with van der Waals surface area (Å²) in [5.74, 6) is -3.45. The van der Waals surface area contributed by atoms with E-state index in [0.29, 0.717) is 12.2 Å². The minimum absolute atomic E-state index is 0.0229. The van der Waals surface area contributed by atoms with Crippen LogP contribution in [0, 0.1) is 11.7 Å². The average molecular weight is 535 g/mol. The van der Waals surface area contributed by atoms with Gasteiger partial charge < -0.3 is 20.7 Å². The number of fused-ring (bicyclic) bond motifs is 2. The van der Waals surface area contributed by atoms with Gasteiger partial charge in [-0.3, -0.25) is 19.2 Å². The molecule has 37 heavy (non-hydrogen) atoms. The first kappa shape index (κ1) is 29.7. The molecule has 1 aliphatic rings. The first-order valence-electron chi connectivity index (χ1n) is 11.7. The second kappa shape index (κ2) is 14.3. The maximum Gasteiger partial charge on any atom is 0.329 e. The number of aromatic nitrogens is 1. The molecule has 0 unspecified atom stereocenters. The van der Waals surface area contributed by atoms with Crippen molar-refractivity contribution in [1.29, 1.82) is 0 Å². The van der Waals surface area contributed by atoms with Crippen LogP contribution in [0.25, 0.3) is 0 Å². The number of ether oxygens (including phenoxy) is 1. The third-order valence-corrected chi connectivity index (χ3v) is 5.97. The number of nitrogens with zero attached hydrogens (tertiary/aromatic N) is 1. The van der Waals surface area contributed by atoms with Crippen LogP contribution >= 0.6 is 11.8 Å². The predicted octanol–water partition coefficient (Wildman–Crippen LogP) is 2.15. The van der Waals surface area contributed by atoms with E-state index in [1.807, 2.05) is 0 Å². The van der Waals surface area contributed by atoms with Gasteiger partial charge in [0.2, 0.25) is 5.91 Å². The molecule has 12 heteroatoms. The minimum atomic E-state index is -1.08. The van der Waals surface area contributed by atoms with Gasteiger partial charge in [0, 0.05) is 18.7 Å². The van der Waals surface area contributed by atoms with Gasteiger partial charge in [0.05, 0.1) is 18.7 Å². The number of hydrogen-bond donors (Lipinski definition) is 3. The number of amides is 3. The van der Waals surface area contributed by atoms with Crippen LogP contribution in [0.4, 0.5) is 4.39 Å². The van der Waals surface area contributed by atoms with E-state index in [-0.39, 0.29) is 41.1 Å². The minimum Gasteiger partial charge on any atom is -0.456 e. The van der Waals surface area contributed by atoms with Gasteiger partial charge in [-0.1, -0.05) is 37.8 Å². The van der Waals surface area contributed by atoms with Gasteiger partial charge in [-0.15, -0.1) is 0 Å². The van der Waals surface area contributed by atoms with Crippen LogP contribution in [0.15, 0.2) is 36.1 Å². The lowest BCUT2D eigenvalue weighted by atomic mass is 10.0.